The number of hydrogen-bond acceptors (Lipinski definition) is 21. The molecular formula is C118H208O21. The minimum absolute atomic E-state index is 0.0318. The molecule has 14 aliphatic carbocycles. The van der Waals surface area contributed by atoms with Crippen LogP contribution in [0.2, 0.25) is 0 Å². The molecule has 21 nitrogen and oxygen atoms in total. The number of ether oxygens (including phenoxy) is 14. The van der Waals surface area contributed by atoms with Gasteiger partial charge in [0.15, 0.2) is 46.0 Å². The fourth-order valence-corrected chi connectivity index (χ4v) is 28.6. The molecule has 14 bridgehead atoms. The predicted octanol–water partition coefficient (Wildman–Crippen LogP) is 28.7. The first-order valence-electron chi connectivity index (χ1n) is 55.6. The standard InChI is InChI=1S/C18H32O3.4C17H30O3.2C16H28O3/c1-8-16(3,4)15(19)21-12(2)20-14-17(5,6)13-9-10-18(14,7)11-13;1-7-15(2,3)14(18)20-11-19-13-16(4,5)12-8-9-17(13,6)10-12;1-7-15(2,3)14(18)20-11-19-13-10-12-8-9-17(13,6)16(12,4)5;1-7-11(2)14(18)19-12(3)20-15-16(4,5)13-8-9-17(15,6)10-13;1-7-11(2)15(18)20-12(3)19-14-10-13-8-9-17(14,6)16(13,4)5;1-6-11(2)13(17)18-10-19-14-15(3,4)12-7-8-16(14,5)9-12;1-6-11(2)14(17)19-10-18-13-9-12-7-8-16(13,5)15(12,3)4/h12-14H,8-11H2,1-7H3;2*12-13H,7-11H2,1-6H3;11-13,15H,7-10H2,1-6H3;11-14H,7-10H2,1-6H3;11-12,14H,6-10H2,1-5H3;11-13H,6-10H2,1-5H3. The molecular weight excluding hydrogens is 1750 g/mol. The minimum atomic E-state index is -0.469. The Kier molecular flexibility index (Phi) is 39.4. The van der Waals surface area contributed by atoms with Gasteiger partial charge in [-0.05, 0) is 359 Å². The van der Waals surface area contributed by atoms with E-state index in [1.54, 1.807) is 0 Å². The smallest absolute Gasteiger partial charge is 0.313 e. The average molecular weight is 1960 g/mol. The van der Waals surface area contributed by atoms with E-state index in [2.05, 4.69) is 145 Å². The van der Waals surface area contributed by atoms with Gasteiger partial charge in [-0.1, -0.05) is 222 Å². The predicted molar refractivity (Wildman–Crippen MR) is 549 cm³/mol. The van der Waals surface area contributed by atoms with Crippen molar-refractivity contribution in [2.24, 2.45) is 157 Å². The van der Waals surface area contributed by atoms with Crippen molar-refractivity contribution in [3.8, 4) is 0 Å². The number of carbonyl (C=O) groups is 7. The summed E-state index contributed by atoms with van der Waals surface area (Å²) in [7, 11) is 0. The van der Waals surface area contributed by atoms with Gasteiger partial charge in [-0.3, -0.25) is 33.6 Å². The van der Waals surface area contributed by atoms with Gasteiger partial charge in [0.2, 0.25) is 0 Å². The number of carbonyl (C=O) groups excluding carboxylic acids is 7. The van der Waals surface area contributed by atoms with Gasteiger partial charge in [0.05, 0.1) is 82.6 Å². The fraction of sp³-hybridized carbons (Fsp3) is 0.941. The third kappa shape index (κ3) is 25.3. The summed E-state index contributed by atoms with van der Waals surface area (Å²) < 4.78 is 79.9. The van der Waals surface area contributed by atoms with E-state index in [0.29, 0.717) is 16.2 Å². The largest absolute Gasteiger partial charge is 0.438 e. The minimum Gasteiger partial charge on any atom is -0.438 e. The SMILES string of the molecule is CCC(C)(C)C(=O)OC(C)OC1C2(C)CCC(C2)C1(C)C.CCC(C)(C)C(=O)OCOC1C2(C)CCC(C2)C1(C)C.CCC(C)(C)C(=O)OCOC1CC2CCC1(C)C2(C)C.CCC(C)C(=O)OC(C)OC1C2(C)CCC(C2)C1(C)C.CCC(C)C(=O)OC(C)OC1CC2CCC1(C)C2(C)C.CCC(C)C(=O)OCOC1C2(C)CCC(C2)C1(C)C.CCC(C)C(=O)OCOC1CC2CCC1(C)C2(C)C. The zero-order valence-corrected chi connectivity index (χ0v) is 96.3. The van der Waals surface area contributed by atoms with Crippen LogP contribution in [0.1, 0.15) is 464 Å². The van der Waals surface area contributed by atoms with Gasteiger partial charge in [-0.25, -0.2) is 0 Å². The van der Waals surface area contributed by atoms with Crippen LogP contribution in [0.15, 0.2) is 0 Å². The quantitative estimate of drug-likeness (QED) is 0.0325. The average Bonchev–Trinajstić information content (AvgIpc) is 1.57. The normalized spacial score (nSPS) is 36.6. The molecule has 806 valence electrons. The molecule has 0 aromatic carbocycles. The molecule has 0 saturated heterocycles. The summed E-state index contributed by atoms with van der Waals surface area (Å²) >= 11 is 0. The molecule has 0 aromatic heterocycles. The molecule has 14 aliphatic rings. The molecule has 0 N–H and O–H groups in total. The molecule has 0 aromatic rings. The van der Waals surface area contributed by atoms with E-state index >= 15 is 0 Å². The van der Waals surface area contributed by atoms with E-state index < -0.39 is 35.1 Å². The van der Waals surface area contributed by atoms with Crippen LogP contribution in [0.25, 0.3) is 0 Å². The summed E-state index contributed by atoms with van der Waals surface area (Å²) in [5, 5.41) is 0. The number of rotatable bonds is 35. The topological polar surface area (TPSA) is 249 Å². The van der Waals surface area contributed by atoms with E-state index in [9.17, 15) is 33.6 Å². The number of esters is 7. The maximum atomic E-state index is 12.2. The van der Waals surface area contributed by atoms with Crippen LogP contribution in [0.3, 0.4) is 0 Å². The Bertz CT molecular complexity index is 4040. The lowest BCUT2D eigenvalue weighted by atomic mass is 9.70. The van der Waals surface area contributed by atoms with Gasteiger partial charge in [-0.2, -0.15) is 0 Å². The lowest BCUT2D eigenvalue weighted by Crippen LogP contribution is -2.45. The molecule has 14 fully saturated rings. The van der Waals surface area contributed by atoms with Crippen LogP contribution in [-0.2, 0) is 99.9 Å². The third-order valence-electron chi connectivity index (χ3n) is 42.7. The van der Waals surface area contributed by atoms with Gasteiger partial charge >= 0.3 is 41.8 Å². The summed E-state index contributed by atoms with van der Waals surface area (Å²) in [5.74, 6) is 4.01. The van der Waals surface area contributed by atoms with Crippen molar-refractivity contribution in [1.29, 1.82) is 0 Å². The maximum absolute atomic E-state index is 12.2. The highest BCUT2D eigenvalue weighted by Gasteiger charge is 2.68. The lowest BCUT2D eigenvalue weighted by Gasteiger charge is -2.43. The molecule has 14 saturated carbocycles. The Balaban J connectivity index is 0.000000199. The fourth-order valence-electron chi connectivity index (χ4n) is 28.6. The molecule has 0 aliphatic heterocycles. The van der Waals surface area contributed by atoms with E-state index in [0.717, 1.165) is 106 Å². The summed E-state index contributed by atoms with van der Waals surface area (Å²) in [6.45, 7) is 87.9. The van der Waals surface area contributed by atoms with Crippen molar-refractivity contribution < 1.29 is 99.9 Å². The summed E-state index contributed by atoms with van der Waals surface area (Å²) in [6.07, 6.45) is 31.8. The van der Waals surface area contributed by atoms with Crippen molar-refractivity contribution in [3.63, 3.8) is 0 Å². The molecule has 0 amide bonds. The first kappa shape index (κ1) is 120. The third-order valence-corrected chi connectivity index (χ3v) is 42.7. The number of hydrogen-bond donors (Lipinski definition) is 0. The van der Waals surface area contributed by atoms with E-state index in [-0.39, 0.29) is 195 Å². The first-order chi connectivity index (χ1) is 63.9. The Labute approximate surface area is 846 Å². The first-order valence-corrected chi connectivity index (χ1v) is 55.6. The molecule has 14 rings (SSSR count). The van der Waals surface area contributed by atoms with Crippen molar-refractivity contribution in [2.75, 3.05) is 27.2 Å². The van der Waals surface area contributed by atoms with Crippen molar-refractivity contribution in [3.05, 3.63) is 0 Å². The van der Waals surface area contributed by atoms with E-state index in [1.165, 1.54) is 116 Å². The second-order valence-electron chi connectivity index (χ2n) is 54.7. The van der Waals surface area contributed by atoms with Gasteiger partial charge in [-0.15, -0.1) is 0 Å². The van der Waals surface area contributed by atoms with Crippen molar-refractivity contribution in [1.82, 2.24) is 0 Å². The molecule has 0 spiro atoms. The van der Waals surface area contributed by atoms with E-state index in [4.69, 9.17) is 66.3 Å². The lowest BCUT2D eigenvalue weighted by molar-refractivity contribution is -0.219. The Morgan fingerprint density at radius 2 is 0.511 bits per heavy atom. The van der Waals surface area contributed by atoms with Crippen LogP contribution in [-0.4, -0.2) is 131 Å². The highest BCUT2D eigenvalue weighted by atomic mass is 16.7. The van der Waals surface area contributed by atoms with Crippen molar-refractivity contribution >= 4 is 41.8 Å². The number of fused-ring (bicyclic) bond motifs is 14. The second kappa shape index (κ2) is 45.6. The summed E-state index contributed by atoms with van der Waals surface area (Å²) in [4.78, 5) is 83.0. The molecule has 0 radical (unpaired) electrons. The van der Waals surface area contributed by atoms with Crippen LogP contribution >= 0.6 is 0 Å². The Morgan fingerprint density at radius 3 is 0.770 bits per heavy atom. The van der Waals surface area contributed by atoms with Gasteiger partial charge in [0.25, 0.3) is 0 Å². The summed E-state index contributed by atoms with van der Waals surface area (Å²) in [5.41, 5.74) is 2.22. The van der Waals surface area contributed by atoms with Gasteiger partial charge < -0.3 is 66.3 Å². The highest BCUT2D eigenvalue weighted by molar-refractivity contribution is 5.77. The zero-order valence-electron chi connectivity index (χ0n) is 96.3. The zero-order chi connectivity index (χ0) is 105. The van der Waals surface area contributed by atoms with Gasteiger partial charge in [0, 0.05) is 0 Å². The molecule has 0 heterocycles. The summed E-state index contributed by atoms with van der Waals surface area (Å²) in [6, 6.07) is 0. The van der Waals surface area contributed by atoms with Crippen LogP contribution in [0.5, 0.6) is 0 Å². The monoisotopic (exact) mass is 1960 g/mol. The maximum Gasteiger partial charge on any atom is 0.313 e. The Morgan fingerprint density at radius 1 is 0.273 bits per heavy atom. The molecule has 21 heteroatoms. The Hall–Kier alpha value is -3.99. The van der Waals surface area contributed by atoms with Crippen LogP contribution in [0.4, 0.5) is 0 Å². The second-order valence-corrected chi connectivity index (χ2v) is 54.7. The van der Waals surface area contributed by atoms with Crippen LogP contribution < -0.4 is 0 Å². The molecule has 28 atom stereocenters. The van der Waals surface area contributed by atoms with Crippen molar-refractivity contribution in [2.45, 2.75) is 525 Å². The van der Waals surface area contributed by atoms with Crippen LogP contribution in [0, 0.1) is 157 Å². The molecule has 28 unspecified atom stereocenters. The van der Waals surface area contributed by atoms with Gasteiger partial charge in [0.1, 0.15) is 0 Å². The van der Waals surface area contributed by atoms with E-state index in [1.807, 2.05) is 138 Å². The highest BCUT2D eigenvalue weighted by Crippen LogP contribution is 2.71. The molecule has 139 heavy (non-hydrogen) atoms.